The number of anilines is 1. The average molecular weight is 450 g/mol. The molecular weight excluding hydrogens is 433 g/mol. The van der Waals surface area contributed by atoms with E-state index < -0.39 is 36.2 Å². The number of ether oxygens (including phenoxy) is 1. The molecule has 1 aliphatic rings. The third kappa shape index (κ3) is 5.49. The number of benzene rings is 2. The second-order valence-corrected chi connectivity index (χ2v) is 7.31. The highest BCUT2D eigenvalue weighted by Gasteiger charge is 2.36. The lowest BCUT2D eigenvalue weighted by Crippen LogP contribution is -2.43. The number of esters is 1. The number of hydrogen-bond donors (Lipinski definition) is 2. The minimum Gasteiger partial charge on any atom is -0.455 e. The Labute approximate surface area is 182 Å². The van der Waals surface area contributed by atoms with Crippen LogP contribution in [0.5, 0.6) is 0 Å². The van der Waals surface area contributed by atoms with Crippen LogP contribution in [0.3, 0.4) is 0 Å². The fourth-order valence-electron chi connectivity index (χ4n) is 2.77. The third-order valence-corrected chi connectivity index (χ3v) is 5.02. The number of carbonyl (C=O) groups is 4. The summed E-state index contributed by atoms with van der Waals surface area (Å²) in [6.45, 7) is -0.543. The molecule has 1 fully saturated rings. The zero-order valence-corrected chi connectivity index (χ0v) is 17.1. The number of hydrazine groups is 1. The fraction of sp³-hybridized carbons (Fsp3) is 0.200. The van der Waals surface area contributed by atoms with Crippen molar-refractivity contribution in [3.63, 3.8) is 0 Å². The molecule has 1 atom stereocenters. The van der Waals surface area contributed by atoms with E-state index in [4.69, 9.17) is 27.9 Å². The van der Waals surface area contributed by atoms with Crippen LogP contribution in [0, 0.1) is 5.92 Å². The Morgan fingerprint density at radius 1 is 1.07 bits per heavy atom. The van der Waals surface area contributed by atoms with Crippen molar-refractivity contribution in [2.75, 3.05) is 18.5 Å². The number of amides is 3. The highest BCUT2D eigenvalue weighted by atomic mass is 35.5. The van der Waals surface area contributed by atoms with Crippen molar-refractivity contribution in [2.24, 2.45) is 5.92 Å². The normalized spacial score (nSPS) is 15.6. The number of carbonyl (C=O) groups excluding carboxylic acids is 4. The Bertz CT molecular complexity index is 984. The molecule has 0 unspecified atom stereocenters. The van der Waals surface area contributed by atoms with Crippen LogP contribution in [-0.2, 0) is 19.1 Å². The van der Waals surface area contributed by atoms with Gasteiger partial charge in [0, 0.05) is 17.7 Å². The maximum Gasteiger partial charge on any atom is 0.311 e. The molecule has 0 aliphatic carbocycles. The van der Waals surface area contributed by atoms with Gasteiger partial charge in [0.1, 0.15) is 0 Å². The molecule has 2 N–H and O–H groups in total. The molecular formula is C20H17Cl2N3O5. The summed E-state index contributed by atoms with van der Waals surface area (Å²) in [6.07, 6.45) is -0.138. The van der Waals surface area contributed by atoms with Crippen molar-refractivity contribution in [1.82, 2.24) is 10.4 Å². The molecule has 0 saturated carbocycles. The van der Waals surface area contributed by atoms with Gasteiger partial charge in [-0.3, -0.25) is 29.6 Å². The second kappa shape index (κ2) is 9.60. The summed E-state index contributed by atoms with van der Waals surface area (Å²) in [6, 6.07) is 13.0. The van der Waals surface area contributed by atoms with Crippen LogP contribution < -0.4 is 10.7 Å². The molecule has 0 spiro atoms. The summed E-state index contributed by atoms with van der Waals surface area (Å²) in [7, 11) is 0. The fourth-order valence-corrected chi connectivity index (χ4v) is 3.07. The van der Waals surface area contributed by atoms with E-state index in [2.05, 4.69) is 10.7 Å². The van der Waals surface area contributed by atoms with Crippen LogP contribution >= 0.6 is 23.2 Å². The first-order valence-corrected chi connectivity index (χ1v) is 9.67. The molecule has 2 aromatic carbocycles. The molecule has 2 aromatic rings. The molecule has 1 heterocycles. The third-order valence-electron chi connectivity index (χ3n) is 4.28. The van der Waals surface area contributed by atoms with E-state index >= 15 is 0 Å². The van der Waals surface area contributed by atoms with Crippen molar-refractivity contribution < 1.29 is 23.9 Å². The van der Waals surface area contributed by atoms with E-state index in [1.807, 2.05) is 0 Å². The van der Waals surface area contributed by atoms with Gasteiger partial charge in [0.2, 0.25) is 5.91 Å². The molecule has 8 nitrogen and oxygen atoms in total. The van der Waals surface area contributed by atoms with Crippen molar-refractivity contribution in [2.45, 2.75) is 6.42 Å². The van der Waals surface area contributed by atoms with E-state index in [0.717, 1.165) is 5.01 Å². The zero-order chi connectivity index (χ0) is 21.7. The Morgan fingerprint density at radius 3 is 2.50 bits per heavy atom. The van der Waals surface area contributed by atoms with Gasteiger partial charge in [-0.2, -0.15) is 0 Å². The topological polar surface area (TPSA) is 105 Å². The van der Waals surface area contributed by atoms with Crippen LogP contribution in [-0.4, -0.2) is 41.9 Å². The highest BCUT2D eigenvalue weighted by molar-refractivity contribution is 6.42. The summed E-state index contributed by atoms with van der Waals surface area (Å²) in [4.78, 5) is 48.5. The number of nitrogens with one attached hydrogen (secondary N) is 2. The zero-order valence-electron chi connectivity index (χ0n) is 15.6. The Kier molecular flexibility index (Phi) is 6.91. The molecule has 156 valence electrons. The van der Waals surface area contributed by atoms with E-state index in [-0.39, 0.29) is 23.6 Å². The smallest absolute Gasteiger partial charge is 0.311 e. The largest absolute Gasteiger partial charge is 0.455 e. The lowest BCUT2D eigenvalue weighted by Gasteiger charge is -2.17. The predicted molar refractivity (Wildman–Crippen MR) is 110 cm³/mol. The lowest BCUT2D eigenvalue weighted by molar-refractivity contribution is -0.151. The monoisotopic (exact) mass is 449 g/mol. The number of rotatable bonds is 6. The maximum absolute atomic E-state index is 12.3. The average Bonchev–Trinajstić information content (AvgIpc) is 3.09. The number of hydrogen-bond acceptors (Lipinski definition) is 5. The van der Waals surface area contributed by atoms with Gasteiger partial charge in [-0.25, -0.2) is 0 Å². The van der Waals surface area contributed by atoms with E-state index in [1.54, 1.807) is 30.3 Å². The van der Waals surface area contributed by atoms with Gasteiger partial charge in [0.25, 0.3) is 11.8 Å². The minimum atomic E-state index is -0.795. The van der Waals surface area contributed by atoms with Crippen LogP contribution in [0.15, 0.2) is 48.5 Å². The number of para-hydroxylation sites is 1. The van der Waals surface area contributed by atoms with Crippen molar-refractivity contribution >= 4 is 52.6 Å². The Balaban J connectivity index is 1.49. The first-order chi connectivity index (χ1) is 14.3. The van der Waals surface area contributed by atoms with Gasteiger partial charge in [0.05, 0.1) is 22.5 Å². The van der Waals surface area contributed by atoms with Crippen molar-refractivity contribution in [3.8, 4) is 0 Å². The number of nitrogens with zero attached hydrogens (tertiary/aromatic N) is 1. The molecule has 0 bridgehead atoms. The molecule has 1 aliphatic heterocycles. The SMILES string of the molecule is O=C(COC(=O)[C@H]1CC(=O)N(NC(=O)c2ccc(Cl)c(Cl)c2)C1)Nc1ccccc1. The van der Waals surface area contributed by atoms with Crippen molar-refractivity contribution in [3.05, 3.63) is 64.1 Å². The molecule has 0 aromatic heterocycles. The molecule has 3 rings (SSSR count). The van der Waals surface area contributed by atoms with Gasteiger partial charge < -0.3 is 10.1 Å². The molecule has 30 heavy (non-hydrogen) atoms. The van der Waals surface area contributed by atoms with Gasteiger partial charge in [-0.1, -0.05) is 41.4 Å². The van der Waals surface area contributed by atoms with E-state index in [1.165, 1.54) is 18.2 Å². The number of halogens is 2. The van der Waals surface area contributed by atoms with Crippen LogP contribution in [0.2, 0.25) is 10.0 Å². The van der Waals surface area contributed by atoms with E-state index in [0.29, 0.717) is 10.7 Å². The van der Waals surface area contributed by atoms with Crippen molar-refractivity contribution in [1.29, 1.82) is 0 Å². The lowest BCUT2D eigenvalue weighted by atomic mass is 10.1. The molecule has 1 saturated heterocycles. The summed E-state index contributed by atoms with van der Waals surface area (Å²) in [5.74, 6) is -3.00. The van der Waals surface area contributed by atoms with Gasteiger partial charge in [-0.15, -0.1) is 0 Å². The predicted octanol–water partition coefficient (Wildman–Crippen LogP) is 2.67. The minimum absolute atomic E-state index is 0.0645. The maximum atomic E-state index is 12.3. The first-order valence-electron chi connectivity index (χ1n) is 8.91. The van der Waals surface area contributed by atoms with Gasteiger partial charge in [-0.05, 0) is 30.3 Å². The second-order valence-electron chi connectivity index (χ2n) is 6.50. The summed E-state index contributed by atoms with van der Waals surface area (Å²) >= 11 is 11.7. The van der Waals surface area contributed by atoms with E-state index in [9.17, 15) is 19.2 Å². The standard InChI is InChI=1S/C20H17Cl2N3O5/c21-15-7-6-12(8-16(15)22)19(28)24-25-10-13(9-18(25)27)20(29)30-11-17(26)23-14-4-2-1-3-5-14/h1-8,13H,9-11H2,(H,23,26)(H,24,28)/t13-/m0/s1. The Hall–Kier alpha value is -3.10. The quantitative estimate of drug-likeness (QED) is 0.659. The van der Waals surface area contributed by atoms with Crippen LogP contribution in [0.25, 0.3) is 0 Å². The highest BCUT2D eigenvalue weighted by Crippen LogP contribution is 2.23. The Morgan fingerprint density at radius 2 is 1.80 bits per heavy atom. The van der Waals surface area contributed by atoms with Gasteiger partial charge in [0.15, 0.2) is 6.61 Å². The summed E-state index contributed by atoms with van der Waals surface area (Å²) in [5.41, 5.74) is 3.21. The van der Waals surface area contributed by atoms with Crippen LogP contribution in [0.1, 0.15) is 16.8 Å². The summed E-state index contributed by atoms with van der Waals surface area (Å²) < 4.78 is 5.00. The molecule has 3 amide bonds. The van der Waals surface area contributed by atoms with Crippen LogP contribution in [0.4, 0.5) is 5.69 Å². The molecule has 0 radical (unpaired) electrons. The molecule has 10 heteroatoms. The first kappa shape index (κ1) is 21.6. The summed E-state index contributed by atoms with van der Waals surface area (Å²) in [5, 5.41) is 4.13. The van der Waals surface area contributed by atoms with Gasteiger partial charge >= 0.3 is 5.97 Å².